The van der Waals surface area contributed by atoms with Gasteiger partial charge in [0.05, 0.1) is 0 Å². The molecule has 0 saturated carbocycles. The van der Waals surface area contributed by atoms with Crippen molar-refractivity contribution < 1.29 is 8.78 Å². The molecule has 0 bridgehead atoms. The second-order valence-electron chi connectivity index (χ2n) is 3.53. The second kappa shape index (κ2) is 4.36. The van der Waals surface area contributed by atoms with Crippen molar-refractivity contribution in [1.29, 1.82) is 0 Å². The molecule has 4 heteroatoms. The van der Waals surface area contributed by atoms with E-state index in [0.717, 1.165) is 18.1 Å². The first-order valence-corrected chi connectivity index (χ1v) is 4.39. The second-order valence-corrected chi connectivity index (χ2v) is 3.53. The average molecular weight is 264 g/mol. The summed E-state index contributed by atoms with van der Waals surface area (Å²) < 4.78 is 26.0. The van der Waals surface area contributed by atoms with Gasteiger partial charge < -0.3 is 5.73 Å². The van der Waals surface area contributed by atoms with Gasteiger partial charge in [0, 0.05) is 12.1 Å². The molecule has 78 valence electrons. The van der Waals surface area contributed by atoms with Crippen LogP contribution in [0.25, 0.3) is 0 Å². The Labute approximate surface area is 92.1 Å². The fourth-order valence-corrected chi connectivity index (χ4v) is 1.83. The van der Waals surface area contributed by atoms with Crippen molar-refractivity contribution in [3.63, 3.8) is 0 Å². The van der Waals surface area contributed by atoms with Crippen LogP contribution >= 0.6 is 17.0 Å². The Morgan fingerprint density at radius 3 is 2.71 bits per heavy atom. The highest BCUT2D eigenvalue weighted by Gasteiger charge is 2.19. The topological polar surface area (TPSA) is 26.0 Å². The zero-order valence-corrected chi connectivity index (χ0v) is 9.31. The lowest BCUT2D eigenvalue weighted by Crippen LogP contribution is -2.28. The Kier molecular flexibility index (Phi) is 3.61. The SMILES string of the molecule is Br.N[C@H]1CCc2c(F)cc(F)cc2C1. The standard InChI is InChI=1S/C10H11F2N.BrH/c11-7-3-6-4-8(13)1-2-9(6)10(12)5-7;/h3,5,8H,1-2,4,13H2;1H/t8-;/m0./s1. The van der Waals surface area contributed by atoms with Crippen LogP contribution in [0.3, 0.4) is 0 Å². The van der Waals surface area contributed by atoms with Crippen LogP contribution in [-0.2, 0) is 12.8 Å². The van der Waals surface area contributed by atoms with Gasteiger partial charge in [-0.25, -0.2) is 8.78 Å². The minimum atomic E-state index is -0.509. The number of hydrogen-bond acceptors (Lipinski definition) is 1. The van der Waals surface area contributed by atoms with Crippen LogP contribution in [0.15, 0.2) is 12.1 Å². The zero-order valence-electron chi connectivity index (χ0n) is 7.59. The van der Waals surface area contributed by atoms with Gasteiger partial charge in [-0.05, 0) is 36.5 Å². The lowest BCUT2D eigenvalue weighted by molar-refractivity contribution is 0.520. The van der Waals surface area contributed by atoms with E-state index in [1.54, 1.807) is 0 Å². The highest BCUT2D eigenvalue weighted by atomic mass is 79.9. The van der Waals surface area contributed by atoms with Gasteiger partial charge in [0.2, 0.25) is 0 Å². The summed E-state index contributed by atoms with van der Waals surface area (Å²) in [5, 5.41) is 0. The Morgan fingerprint density at radius 1 is 1.29 bits per heavy atom. The average Bonchev–Trinajstić information content (AvgIpc) is 2.02. The molecule has 0 aliphatic heterocycles. The summed E-state index contributed by atoms with van der Waals surface area (Å²) in [6.07, 6.45) is 2.00. The molecule has 2 N–H and O–H groups in total. The van der Waals surface area contributed by atoms with Crippen LogP contribution < -0.4 is 5.73 Å². The number of hydrogen-bond donors (Lipinski definition) is 1. The quantitative estimate of drug-likeness (QED) is 0.764. The number of benzene rings is 1. The van der Waals surface area contributed by atoms with Gasteiger partial charge in [-0.3, -0.25) is 0 Å². The van der Waals surface area contributed by atoms with Gasteiger partial charge in [0.15, 0.2) is 0 Å². The number of halogens is 3. The first kappa shape index (κ1) is 11.6. The Bertz CT molecular complexity index is 341. The summed E-state index contributed by atoms with van der Waals surface area (Å²) in [4.78, 5) is 0. The minimum Gasteiger partial charge on any atom is -0.327 e. The number of rotatable bonds is 0. The highest BCUT2D eigenvalue weighted by Crippen LogP contribution is 2.24. The summed E-state index contributed by atoms with van der Waals surface area (Å²) in [5.41, 5.74) is 7.08. The van der Waals surface area contributed by atoms with Crippen LogP contribution in [0.4, 0.5) is 8.78 Å². The maximum Gasteiger partial charge on any atom is 0.129 e. The maximum absolute atomic E-state index is 13.2. The van der Waals surface area contributed by atoms with E-state index < -0.39 is 11.6 Å². The molecule has 0 heterocycles. The molecule has 1 nitrogen and oxygen atoms in total. The summed E-state index contributed by atoms with van der Waals surface area (Å²) in [6, 6.07) is 2.38. The monoisotopic (exact) mass is 263 g/mol. The van der Waals surface area contributed by atoms with Crippen molar-refractivity contribution in [2.45, 2.75) is 25.3 Å². The fraction of sp³-hybridized carbons (Fsp3) is 0.400. The third kappa shape index (κ3) is 2.12. The van der Waals surface area contributed by atoms with Crippen LogP contribution in [-0.4, -0.2) is 6.04 Å². The molecular formula is C10H12BrF2N. The first-order valence-electron chi connectivity index (χ1n) is 4.39. The van der Waals surface area contributed by atoms with Gasteiger partial charge in [0.1, 0.15) is 11.6 Å². The molecule has 1 aromatic rings. The lowest BCUT2D eigenvalue weighted by atomic mass is 9.88. The van der Waals surface area contributed by atoms with Crippen molar-refractivity contribution >= 4 is 17.0 Å². The number of nitrogens with two attached hydrogens (primary N) is 1. The molecule has 1 aliphatic rings. The molecule has 14 heavy (non-hydrogen) atoms. The Morgan fingerprint density at radius 2 is 2.00 bits per heavy atom. The third-order valence-corrected chi connectivity index (χ3v) is 2.50. The van der Waals surface area contributed by atoms with E-state index in [-0.39, 0.29) is 23.0 Å². The molecule has 0 aromatic heterocycles. The van der Waals surface area contributed by atoms with Crippen LogP contribution in [0.5, 0.6) is 0 Å². The third-order valence-electron chi connectivity index (χ3n) is 2.50. The van der Waals surface area contributed by atoms with Crippen molar-refractivity contribution in [1.82, 2.24) is 0 Å². The van der Waals surface area contributed by atoms with Crippen LogP contribution in [0.2, 0.25) is 0 Å². The molecule has 1 aliphatic carbocycles. The predicted octanol–water partition coefficient (Wildman–Crippen LogP) is 2.36. The Balaban J connectivity index is 0.000000980. The molecule has 1 atom stereocenters. The summed E-state index contributed by atoms with van der Waals surface area (Å²) >= 11 is 0. The maximum atomic E-state index is 13.2. The zero-order chi connectivity index (χ0) is 9.42. The summed E-state index contributed by atoms with van der Waals surface area (Å²) in [6.45, 7) is 0. The van der Waals surface area contributed by atoms with Gasteiger partial charge in [-0.1, -0.05) is 0 Å². The largest absolute Gasteiger partial charge is 0.327 e. The molecular weight excluding hydrogens is 252 g/mol. The van der Waals surface area contributed by atoms with E-state index in [1.807, 2.05) is 0 Å². The first-order chi connectivity index (χ1) is 6.16. The van der Waals surface area contributed by atoms with E-state index in [9.17, 15) is 8.78 Å². The predicted molar refractivity (Wildman–Crippen MR) is 56.7 cm³/mol. The fourth-order valence-electron chi connectivity index (χ4n) is 1.83. The van der Waals surface area contributed by atoms with E-state index in [1.165, 1.54) is 6.07 Å². The van der Waals surface area contributed by atoms with Crippen LogP contribution in [0.1, 0.15) is 17.5 Å². The molecule has 0 fully saturated rings. The van der Waals surface area contributed by atoms with Gasteiger partial charge in [0.25, 0.3) is 0 Å². The summed E-state index contributed by atoms with van der Waals surface area (Å²) in [5.74, 6) is -0.938. The van der Waals surface area contributed by atoms with Crippen molar-refractivity contribution in [2.24, 2.45) is 5.73 Å². The molecule has 0 radical (unpaired) electrons. The van der Waals surface area contributed by atoms with Crippen LogP contribution in [0, 0.1) is 11.6 Å². The van der Waals surface area contributed by atoms with E-state index in [0.29, 0.717) is 18.4 Å². The number of fused-ring (bicyclic) bond motifs is 1. The lowest BCUT2D eigenvalue weighted by Gasteiger charge is -2.21. The van der Waals surface area contributed by atoms with E-state index >= 15 is 0 Å². The van der Waals surface area contributed by atoms with E-state index in [4.69, 9.17) is 5.73 Å². The molecule has 1 aromatic carbocycles. The van der Waals surface area contributed by atoms with Gasteiger partial charge in [-0.15, -0.1) is 17.0 Å². The van der Waals surface area contributed by atoms with Gasteiger partial charge in [-0.2, -0.15) is 0 Å². The minimum absolute atomic E-state index is 0. The smallest absolute Gasteiger partial charge is 0.129 e. The highest BCUT2D eigenvalue weighted by molar-refractivity contribution is 8.93. The summed E-state index contributed by atoms with van der Waals surface area (Å²) in [7, 11) is 0. The van der Waals surface area contributed by atoms with Crippen molar-refractivity contribution in [3.05, 3.63) is 34.9 Å². The Hall–Kier alpha value is -0.480. The molecule has 2 rings (SSSR count). The molecule has 0 saturated heterocycles. The van der Waals surface area contributed by atoms with E-state index in [2.05, 4.69) is 0 Å². The normalized spacial score (nSPS) is 19.8. The molecule has 0 unspecified atom stereocenters. The molecule has 0 amide bonds. The van der Waals surface area contributed by atoms with Crippen molar-refractivity contribution in [2.75, 3.05) is 0 Å². The molecule has 0 spiro atoms. The van der Waals surface area contributed by atoms with Crippen molar-refractivity contribution in [3.8, 4) is 0 Å². The van der Waals surface area contributed by atoms with Gasteiger partial charge >= 0.3 is 0 Å².